The first kappa shape index (κ1) is 17.9. The summed E-state index contributed by atoms with van der Waals surface area (Å²) in [5, 5.41) is 8.52. The van der Waals surface area contributed by atoms with Crippen LogP contribution in [0.3, 0.4) is 0 Å². The van der Waals surface area contributed by atoms with Gasteiger partial charge in [-0.05, 0) is 12.8 Å². The molecule has 0 spiro atoms. The average molecular weight is 318 g/mol. The van der Waals surface area contributed by atoms with Crippen molar-refractivity contribution in [3.63, 3.8) is 0 Å². The topological polar surface area (TPSA) is 88.9 Å². The number of hydrogen-bond acceptors (Lipinski definition) is 7. The molecule has 1 N–H and O–H groups in total. The van der Waals surface area contributed by atoms with Gasteiger partial charge in [0.05, 0.1) is 17.9 Å². The van der Waals surface area contributed by atoms with Gasteiger partial charge in [0, 0.05) is 33.2 Å². The molecule has 8 heteroatoms. The normalized spacial score (nSPS) is 16.1. The summed E-state index contributed by atoms with van der Waals surface area (Å²) < 4.78 is 14.4. The number of hydrogen-bond donors (Lipinski definition) is 1. The Morgan fingerprint density at radius 3 is 2.29 bits per heavy atom. The maximum Gasteiger partial charge on any atom is 0.409 e. The monoisotopic (exact) mass is 318 g/mol. The van der Waals surface area contributed by atoms with E-state index in [4.69, 9.17) is 14.9 Å². The van der Waals surface area contributed by atoms with Crippen molar-refractivity contribution in [2.24, 2.45) is 5.92 Å². The summed E-state index contributed by atoms with van der Waals surface area (Å²) >= 11 is 1.20. The molecular formula is C13H22N2O5S. The third-order valence-corrected chi connectivity index (χ3v) is 4.43. The van der Waals surface area contributed by atoms with E-state index in [2.05, 4.69) is 4.74 Å². The van der Waals surface area contributed by atoms with E-state index >= 15 is 0 Å². The standard InChI is InChI=1S/C13H22N2O5S/c1-18-12(19-2)10(16)8-21-11(14)9-4-6-15(7-5-9)13(17)20-3/h9,12,14H,4-8H2,1-3H3. The van der Waals surface area contributed by atoms with Crippen LogP contribution in [-0.2, 0) is 19.0 Å². The number of carbonyl (C=O) groups is 2. The third-order valence-electron chi connectivity index (χ3n) is 3.36. The molecule has 0 atom stereocenters. The molecule has 0 saturated carbocycles. The van der Waals surface area contributed by atoms with Crippen LogP contribution in [-0.4, -0.2) is 68.3 Å². The number of methoxy groups -OCH3 is 3. The van der Waals surface area contributed by atoms with Gasteiger partial charge in [0.1, 0.15) is 0 Å². The summed E-state index contributed by atoms with van der Waals surface area (Å²) in [6.45, 7) is 1.15. The number of thioether (sulfide) groups is 1. The highest BCUT2D eigenvalue weighted by atomic mass is 32.2. The van der Waals surface area contributed by atoms with Gasteiger partial charge in [0.2, 0.25) is 6.29 Å². The van der Waals surface area contributed by atoms with E-state index in [0.717, 1.165) is 0 Å². The predicted molar refractivity (Wildman–Crippen MR) is 79.7 cm³/mol. The van der Waals surface area contributed by atoms with Crippen LogP contribution in [0.2, 0.25) is 0 Å². The smallest absolute Gasteiger partial charge is 0.409 e. The summed E-state index contributed by atoms with van der Waals surface area (Å²) in [5.41, 5.74) is 0. The van der Waals surface area contributed by atoms with E-state index < -0.39 is 6.29 Å². The van der Waals surface area contributed by atoms with E-state index in [1.54, 1.807) is 4.90 Å². The van der Waals surface area contributed by atoms with Gasteiger partial charge in [-0.1, -0.05) is 0 Å². The molecule has 0 unspecified atom stereocenters. The predicted octanol–water partition coefficient (Wildman–Crippen LogP) is 1.36. The number of Topliss-reactive ketones (excluding diaryl/α,β-unsaturated/α-hetero) is 1. The Balaban J connectivity index is 2.34. The van der Waals surface area contributed by atoms with Crippen LogP contribution in [0, 0.1) is 11.3 Å². The van der Waals surface area contributed by atoms with Gasteiger partial charge in [-0.3, -0.25) is 10.2 Å². The molecule has 0 aliphatic carbocycles. The molecule has 1 amide bonds. The van der Waals surface area contributed by atoms with Crippen molar-refractivity contribution in [3.05, 3.63) is 0 Å². The van der Waals surface area contributed by atoms with Crippen LogP contribution in [0.4, 0.5) is 4.79 Å². The van der Waals surface area contributed by atoms with Crippen LogP contribution in [0.25, 0.3) is 0 Å². The maximum atomic E-state index is 11.7. The highest BCUT2D eigenvalue weighted by molar-refractivity contribution is 8.14. The number of piperidine rings is 1. The lowest BCUT2D eigenvalue weighted by atomic mass is 9.98. The number of amides is 1. The Morgan fingerprint density at radius 1 is 1.24 bits per heavy atom. The van der Waals surface area contributed by atoms with Gasteiger partial charge in [-0.15, -0.1) is 11.8 Å². The molecule has 0 radical (unpaired) electrons. The van der Waals surface area contributed by atoms with Crippen molar-refractivity contribution in [1.82, 2.24) is 4.90 Å². The quantitative estimate of drug-likeness (QED) is 0.452. The minimum Gasteiger partial charge on any atom is -0.453 e. The van der Waals surface area contributed by atoms with Gasteiger partial charge in [0.15, 0.2) is 5.78 Å². The lowest BCUT2D eigenvalue weighted by Crippen LogP contribution is -2.39. The zero-order valence-corrected chi connectivity index (χ0v) is 13.4. The van der Waals surface area contributed by atoms with Gasteiger partial charge < -0.3 is 19.1 Å². The Labute approximate surface area is 128 Å². The summed E-state index contributed by atoms with van der Waals surface area (Å²) in [6, 6.07) is 0. The van der Waals surface area contributed by atoms with Crippen LogP contribution < -0.4 is 0 Å². The number of carbonyl (C=O) groups excluding carboxylic acids is 2. The molecule has 1 aliphatic heterocycles. The summed E-state index contributed by atoms with van der Waals surface area (Å²) in [7, 11) is 4.18. The zero-order chi connectivity index (χ0) is 15.8. The fourth-order valence-corrected chi connectivity index (χ4v) is 3.05. The van der Waals surface area contributed by atoms with Gasteiger partial charge in [0.25, 0.3) is 0 Å². The molecular weight excluding hydrogens is 296 g/mol. The second-order valence-electron chi connectivity index (χ2n) is 4.65. The molecule has 1 aliphatic rings. The number of ketones is 1. The average Bonchev–Trinajstić information content (AvgIpc) is 2.53. The Morgan fingerprint density at radius 2 is 1.81 bits per heavy atom. The molecule has 1 saturated heterocycles. The highest BCUT2D eigenvalue weighted by Crippen LogP contribution is 2.24. The number of likely N-dealkylation sites (tertiary alicyclic amines) is 1. The summed E-state index contributed by atoms with van der Waals surface area (Å²) in [5.74, 6) is 0.0524. The maximum absolute atomic E-state index is 11.7. The molecule has 7 nitrogen and oxygen atoms in total. The molecule has 0 aromatic heterocycles. The third kappa shape index (κ3) is 5.29. The van der Waals surface area contributed by atoms with Crippen molar-refractivity contribution in [2.75, 3.05) is 40.2 Å². The largest absolute Gasteiger partial charge is 0.453 e. The molecule has 1 fully saturated rings. The minimum absolute atomic E-state index is 0.0900. The molecule has 21 heavy (non-hydrogen) atoms. The SMILES string of the molecule is COC(=O)N1CCC(C(=N)SCC(=O)C(OC)OC)CC1. The second kappa shape index (κ2) is 9.01. The van der Waals surface area contributed by atoms with E-state index in [9.17, 15) is 9.59 Å². The first-order valence-electron chi connectivity index (χ1n) is 6.65. The Kier molecular flexibility index (Phi) is 7.69. The van der Waals surface area contributed by atoms with Crippen molar-refractivity contribution in [2.45, 2.75) is 19.1 Å². The first-order chi connectivity index (χ1) is 10.0. The van der Waals surface area contributed by atoms with Crippen molar-refractivity contribution in [3.8, 4) is 0 Å². The Hall–Kier alpha value is -1.12. The minimum atomic E-state index is -0.869. The molecule has 120 valence electrons. The number of nitrogens with zero attached hydrogens (tertiary/aromatic N) is 1. The summed E-state index contributed by atoms with van der Waals surface area (Å²) in [4.78, 5) is 24.7. The number of ether oxygens (including phenoxy) is 3. The van der Waals surface area contributed by atoms with Gasteiger partial charge >= 0.3 is 6.09 Å². The van der Waals surface area contributed by atoms with Crippen LogP contribution in [0.5, 0.6) is 0 Å². The van der Waals surface area contributed by atoms with Crippen molar-refractivity contribution in [1.29, 1.82) is 5.41 Å². The highest BCUT2D eigenvalue weighted by Gasteiger charge is 2.27. The van der Waals surface area contributed by atoms with Crippen LogP contribution in [0.15, 0.2) is 0 Å². The van der Waals surface area contributed by atoms with Crippen LogP contribution in [0.1, 0.15) is 12.8 Å². The Bertz CT molecular complexity index is 379. The first-order valence-corrected chi connectivity index (χ1v) is 7.64. The molecule has 0 aromatic carbocycles. The zero-order valence-electron chi connectivity index (χ0n) is 12.6. The molecule has 0 bridgehead atoms. The summed E-state index contributed by atoms with van der Waals surface area (Å²) in [6.07, 6.45) is 0.234. The van der Waals surface area contributed by atoms with E-state index in [0.29, 0.717) is 31.0 Å². The number of nitrogens with one attached hydrogen (secondary N) is 1. The van der Waals surface area contributed by atoms with E-state index in [-0.39, 0.29) is 23.5 Å². The van der Waals surface area contributed by atoms with Gasteiger partial charge in [-0.25, -0.2) is 4.79 Å². The van der Waals surface area contributed by atoms with E-state index in [1.807, 2.05) is 0 Å². The lowest BCUT2D eigenvalue weighted by Gasteiger charge is -2.30. The van der Waals surface area contributed by atoms with Gasteiger partial charge in [-0.2, -0.15) is 0 Å². The van der Waals surface area contributed by atoms with Crippen molar-refractivity contribution >= 4 is 28.7 Å². The molecule has 1 heterocycles. The fourth-order valence-electron chi connectivity index (χ4n) is 2.15. The van der Waals surface area contributed by atoms with Crippen molar-refractivity contribution < 1.29 is 23.8 Å². The second-order valence-corrected chi connectivity index (χ2v) is 5.67. The number of rotatable bonds is 6. The van der Waals surface area contributed by atoms with E-state index in [1.165, 1.54) is 33.1 Å². The lowest BCUT2D eigenvalue weighted by molar-refractivity contribution is -0.153. The molecule has 1 rings (SSSR count). The fraction of sp³-hybridized carbons (Fsp3) is 0.769. The van der Waals surface area contributed by atoms with Crippen LogP contribution >= 0.6 is 11.8 Å². The molecule has 0 aromatic rings.